The molecule has 0 aliphatic carbocycles. The molecule has 0 aliphatic rings. The third-order valence-electron chi connectivity index (χ3n) is 2.37. The first-order valence-corrected chi connectivity index (χ1v) is 6.40. The molecule has 0 unspecified atom stereocenters. The Balaban J connectivity index is 2.52. The smallest absolute Gasteiger partial charge is 0.347 e. The number of nitrogens with one attached hydrogen (secondary N) is 1. The fourth-order valence-electron chi connectivity index (χ4n) is 1.31. The molecule has 0 aliphatic heterocycles. The molecule has 1 rings (SSSR count). The van der Waals surface area contributed by atoms with E-state index >= 15 is 0 Å². The molecule has 0 heterocycles. The van der Waals surface area contributed by atoms with Crippen LogP contribution < -0.4 is 15.8 Å². The van der Waals surface area contributed by atoms with Gasteiger partial charge in [-0.1, -0.05) is 11.6 Å². The summed E-state index contributed by atoms with van der Waals surface area (Å²) < 4.78 is 10.2. The quantitative estimate of drug-likeness (QED) is 0.795. The summed E-state index contributed by atoms with van der Waals surface area (Å²) in [6.45, 7) is 2.78. The van der Waals surface area contributed by atoms with E-state index in [1.807, 2.05) is 5.32 Å². The maximum Gasteiger partial charge on any atom is 0.347 e. The lowest BCUT2D eigenvalue weighted by molar-refractivity contribution is -0.160. The number of carbonyl (C=O) groups is 3. The molecule has 21 heavy (non-hydrogen) atoms. The van der Waals surface area contributed by atoms with Crippen molar-refractivity contribution in [1.29, 1.82) is 0 Å². The van der Waals surface area contributed by atoms with Crippen molar-refractivity contribution in [1.82, 2.24) is 5.32 Å². The summed E-state index contributed by atoms with van der Waals surface area (Å²) in [6.07, 6.45) is -2.10. The van der Waals surface area contributed by atoms with Gasteiger partial charge in [-0.2, -0.15) is 0 Å². The summed E-state index contributed by atoms with van der Waals surface area (Å²) >= 11 is 5.73. The Morgan fingerprint density at radius 2 is 1.71 bits per heavy atom. The van der Waals surface area contributed by atoms with Gasteiger partial charge < -0.3 is 15.2 Å². The molecule has 0 bridgehead atoms. The molecule has 0 radical (unpaired) electrons. The minimum atomic E-state index is -1.17. The summed E-state index contributed by atoms with van der Waals surface area (Å²) in [4.78, 5) is 33.6. The van der Waals surface area contributed by atoms with Gasteiger partial charge >= 0.3 is 12.0 Å². The highest BCUT2D eigenvalue weighted by Crippen LogP contribution is 2.17. The molecule has 0 aromatic heterocycles. The number of nitrogens with two attached hydrogens (primary N) is 1. The molecule has 2 atom stereocenters. The molecule has 0 fully saturated rings. The molecule has 0 spiro atoms. The second-order valence-electron chi connectivity index (χ2n) is 4.15. The standard InChI is InChI=1S/C13H15ClN2O5/c1-7(11(17)16-13(15)19)21-12(18)8(2)20-10-5-3-9(14)4-6-10/h3-8H,1-2H3,(H3,15,16,17,19)/t7-,8+/m0/s1. The highest BCUT2D eigenvalue weighted by Gasteiger charge is 2.23. The van der Waals surface area contributed by atoms with E-state index < -0.39 is 30.1 Å². The molecular weight excluding hydrogens is 300 g/mol. The molecule has 8 heteroatoms. The summed E-state index contributed by atoms with van der Waals surface area (Å²) in [5, 5.41) is 2.35. The molecular formula is C13H15ClN2O5. The second-order valence-corrected chi connectivity index (χ2v) is 4.58. The number of urea groups is 1. The molecule has 0 saturated carbocycles. The number of ether oxygens (including phenoxy) is 2. The fourth-order valence-corrected chi connectivity index (χ4v) is 1.44. The summed E-state index contributed by atoms with van der Waals surface area (Å²) in [7, 11) is 0. The zero-order chi connectivity index (χ0) is 16.0. The number of primary amides is 1. The van der Waals surface area contributed by atoms with Crippen LogP contribution >= 0.6 is 11.6 Å². The predicted octanol–water partition coefficient (Wildman–Crippen LogP) is 1.23. The van der Waals surface area contributed by atoms with Crippen molar-refractivity contribution in [3.8, 4) is 5.75 Å². The highest BCUT2D eigenvalue weighted by molar-refractivity contribution is 6.30. The van der Waals surface area contributed by atoms with Crippen LogP contribution in [0.3, 0.4) is 0 Å². The topological polar surface area (TPSA) is 108 Å². The van der Waals surface area contributed by atoms with Gasteiger partial charge in [0.1, 0.15) is 5.75 Å². The van der Waals surface area contributed by atoms with Gasteiger partial charge in [0, 0.05) is 5.02 Å². The number of carbonyl (C=O) groups excluding carboxylic acids is 3. The normalized spacial score (nSPS) is 12.9. The number of hydrogen-bond donors (Lipinski definition) is 2. The summed E-state index contributed by atoms with van der Waals surface area (Å²) in [5.41, 5.74) is 4.79. The number of amides is 3. The van der Waals surface area contributed by atoms with E-state index in [2.05, 4.69) is 0 Å². The molecule has 1 aromatic rings. The predicted molar refractivity (Wildman–Crippen MR) is 74.8 cm³/mol. The molecule has 114 valence electrons. The molecule has 7 nitrogen and oxygen atoms in total. The van der Waals surface area contributed by atoms with Crippen molar-refractivity contribution >= 4 is 29.5 Å². The van der Waals surface area contributed by atoms with E-state index in [9.17, 15) is 14.4 Å². The van der Waals surface area contributed by atoms with Crippen molar-refractivity contribution in [3.63, 3.8) is 0 Å². The number of hydrogen-bond acceptors (Lipinski definition) is 5. The Kier molecular flexibility index (Phi) is 5.98. The number of benzene rings is 1. The monoisotopic (exact) mass is 314 g/mol. The van der Waals surface area contributed by atoms with Crippen LogP contribution in [0.4, 0.5) is 4.79 Å². The Morgan fingerprint density at radius 3 is 2.24 bits per heavy atom. The fraction of sp³-hybridized carbons (Fsp3) is 0.308. The minimum Gasteiger partial charge on any atom is -0.479 e. The van der Waals surface area contributed by atoms with Crippen LogP contribution in [0.5, 0.6) is 5.75 Å². The van der Waals surface area contributed by atoms with E-state index in [4.69, 9.17) is 26.8 Å². The van der Waals surface area contributed by atoms with Crippen LogP contribution in [0.2, 0.25) is 5.02 Å². The van der Waals surface area contributed by atoms with Crippen LogP contribution in [-0.4, -0.2) is 30.1 Å². The van der Waals surface area contributed by atoms with Crippen molar-refractivity contribution in [2.45, 2.75) is 26.1 Å². The number of rotatable bonds is 5. The molecule has 1 aromatic carbocycles. The van der Waals surface area contributed by atoms with Crippen LogP contribution in [0.1, 0.15) is 13.8 Å². The highest BCUT2D eigenvalue weighted by atomic mass is 35.5. The van der Waals surface area contributed by atoms with E-state index in [-0.39, 0.29) is 0 Å². The van der Waals surface area contributed by atoms with Crippen molar-refractivity contribution in [2.24, 2.45) is 5.73 Å². The van der Waals surface area contributed by atoms with Crippen LogP contribution in [-0.2, 0) is 14.3 Å². The number of halogens is 1. The zero-order valence-electron chi connectivity index (χ0n) is 11.5. The Labute approximate surface area is 126 Å². The minimum absolute atomic E-state index is 0.429. The average Bonchev–Trinajstić information content (AvgIpc) is 2.40. The Bertz CT molecular complexity index is 532. The maximum absolute atomic E-state index is 11.7. The van der Waals surface area contributed by atoms with Crippen molar-refractivity contribution in [2.75, 3.05) is 0 Å². The van der Waals surface area contributed by atoms with Gasteiger partial charge in [0.25, 0.3) is 5.91 Å². The molecule has 3 N–H and O–H groups in total. The first kappa shape index (κ1) is 16.8. The van der Waals surface area contributed by atoms with Crippen LogP contribution in [0, 0.1) is 0 Å². The van der Waals surface area contributed by atoms with Gasteiger partial charge in [-0.3, -0.25) is 10.1 Å². The van der Waals surface area contributed by atoms with Gasteiger partial charge in [0.05, 0.1) is 0 Å². The van der Waals surface area contributed by atoms with Gasteiger partial charge in [-0.15, -0.1) is 0 Å². The lowest BCUT2D eigenvalue weighted by Crippen LogP contribution is -2.43. The second kappa shape index (κ2) is 7.49. The third-order valence-corrected chi connectivity index (χ3v) is 2.62. The molecule has 0 saturated heterocycles. The zero-order valence-corrected chi connectivity index (χ0v) is 12.2. The van der Waals surface area contributed by atoms with E-state index in [1.165, 1.54) is 13.8 Å². The van der Waals surface area contributed by atoms with Gasteiger partial charge in [-0.05, 0) is 38.1 Å². The first-order chi connectivity index (χ1) is 9.79. The van der Waals surface area contributed by atoms with Crippen molar-refractivity contribution < 1.29 is 23.9 Å². The summed E-state index contributed by atoms with van der Waals surface area (Å²) in [5.74, 6) is -1.13. The lowest BCUT2D eigenvalue weighted by atomic mass is 10.3. The first-order valence-electron chi connectivity index (χ1n) is 6.02. The summed E-state index contributed by atoms with van der Waals surface area (Å²) in [6, 6.07) is 5.38. The number of imide groups is 1. The van der Waals surface area contributed by atoms with Gasteiger partial charge in [0.2, 0.25) is 0 Å². The van der Waals surface area contributed by atoms with Gasteiger partial charge in [-0.25, -0.2) is 9.59 Å². The largest absolute Gasteiger partial charge is 0.479 e. The maximum atomic E-state index is 11.7. The Morgan fingerprint density at radius 1 is 1.14 bits per heavy atom. The Hall–Kier alpha value is -2.28. The van der Waals surface area contributed by atoms with Crippen LogP contribution in [0.25, 0.3) is 0 Å². The number of esters is 1. The van der Waals surface area contributed by atoms with Gasteiger partial charge in [0.15, 0.2) is 12.2 Å². The third kappa shape index (κ3) is 5.70. The van der Waals surface area contributed by atoms with Crippen LogP contribution in [0.15, 0.2) is 24.3 Å². The van der Waals surface area contributed by atoms with E-state index in [0.29, 0.717) is 10.8 Å². The lowest BCUT2D eigenvalue weighted by Gasteiger charge is -2.17. The SMILES string of the molecule is C[C@H](OC(=O)[C@@H](C)Oc1ccc(Cl)cc1)C(=O)NC(N)=O. The van der Waals surface area contributed by atoms with Crippen molar-refractivity contribution in [3.05, 3.63) is 29.3 Å². The van der Waals surface area contributed by atoms with E-state index in [0.717, 1.165) is 0 Å². The molecule has 3 amide bonds. The average molecular weight is 315 g/mol. The van der Waals surface area contributed by atoms with E-state index in [1.54, 1.807) is 24.3 Å².